The number of hydrogen-bond acceptors (Lipinski definition) is 1. The zero-order valence-electron chi connectivity index (χ0n) is 3.36. The van der Waals surface area contributed by atoms with Crippen molar-refractivity contribution < 1.29 is 4.43 Å². The van der Waals surface area contributed by atoms with Crippen molar-refractivity contribution >= 4 is 22.1 Å². The molecule has 0 unspecified atom stereocenters. The van der Waals surface area contributed by atoms with Gasteiger partial charge in [-0.25, -0.2) is 0 Å². The van der Waals surface area contributed by atoms with Crippen LogP contribution in [0.4, 0.5) is 0 Å². The minimum absolute atomic E-state index is 0.616. The quantitative estimate of drug-likeness (QED) is 0.372. The molecule has 0 bridgehead atoms. The zero-order chi connectivity index (χ0) is 4.99. The van der Waals surface area contributed by atoms with E-state index in [0.717, 1.165) is 0 Å². The molecule has 0 fully saturated rings. The van der Waals surface area contributed by atoms with Gasteiger partial charge in [0.1, 0.15) is 0 Å². The molecule has 0 aromatic heterocycles. The Morgan fingerprint density at radius 3 is 2.50 bits per heavy atom. The van der Waals surface area contributed by atoms with E-state index in [9.17, 15) is 0 Å². The summed E-state index contributed by atoms with van der Waals surface area (Å²) in [5.74, 6) is 0. The highest BCUT2D eigenvalue weighted by Crippen LogP contribution is 1.94. The van der Waals surface area contributed by atoms with Crippen LogP contribution in [0.25, 0.3) is 0 Å². The van der Waals surface area contributed by atoms with Gasteiger partial charge in [-0.1, -0.05) is 11.6 Å². The maximum absolute atomic E-state index is 5.28. The van der Waals surface area contributed by atoms with Crippen LogP contribution >= 0.6 is 11.6 Å². The molecule has 0 amide bonds. The Morgan fingerprint density at radius 2 is 2.50 bits per heavy atom. The molecule has 3 radical (unpaired) electrons. The Labute approximate surface area is 45.5 Å². The highest BCUT2D eigenvalue weighted by molar-refractivity contribution is 6.29. The van der Waals surface area contributed by atoms with Crippen molar-refractivity contribution in [3.8, 4) is 0 Å². The number of rotatable bonds is 1. The second-order valence-electron chi connectivity index (χ2n) is 0.822. The van der Waals surface area contributed by atoms with Gasteiger partial charge in [-0.2, -0.15) is 0 Å². The first-order chi connectivity index (χ1) is 2.77. The van der Waals surface area contributed by atoms with Crippen molar-refractivity contribution in [1.82, 2.24) is 0 Å². The molecule has 6 heavy (non-hydrogen) atoms. The molecule has 0 N–H and O–H groups in total. The van der Waals surface area contributed by atoms with Crippen molar-refractivity contribution in [3.63, 3.8) is 0 Å². The third-order valence-electron chi connectivity index (χ3n) is 0.221. The topological polar surface area (TPSA) is 9.23 Å². The van der Waals surface area contributed by atoms with Gasteiger partial charge >= 0.3 is 10.5 Å². The van der Waals surface area contributed by atoms with Gasteiger partial charge in [0.25, 0.3) is 0 Å². The first-order valence-corrected chi connectivity index (χ1v) is 2.20. The van der Waals surface area contributed by atoms with Gasteiger partial charge in [0, 0.05) is 5.03 Å². The van der Waals surface area contributed by atoms with Crippen LogP contribution in [0.15, 0.2) is 11.3 Å². The molecule has 0 atom stereocenters. The number of halogens is 1. The molecular formula is C3H4ClOSi. The monoisotopic (exact) mass is 119 g/mol. The van der Waals surface area contributed by atoms with Crippen molar-refractivity contribution in [2.45, 2.75) is 6.92 Å². The lowest BCUT2D eigenvalue weighted by Gasteiger charge is -1.82. The number of hydrogen-bond donors (Lipinski definition) is 0. The minimum Gasteiger partial charge on any atom is -0.545 e. The molecule has 0 aliphatic carbocycles. The fraction of sp³-hybridized carbons (Fsp3) is 0.333. The lowest BCUT2D eigenvalue weighted by atomic mass is 10.7. The minimum atomic E-state index is 0.616. The largest absolute Gasteiger partial charge is 0.545 e. The summed E-state index contributed by atoms with van der Waals surface area (Å²) >= 11 is 5.28. The Morgan fingerprint density at radius 1 is 2.00 bits per heavy atom. The lowest BCUT2D eigenvalue weighted by molar-refractivity contribution is 0.532. The fourth-order valence-corrected chi connectivity index (χ4v) is 0.377. The molecule has 0 rings (SSSR count). The van der Waals surface area contributed by atoms with Crippen LogP contribution < -0.4 is 0 Å². The number of allylic oxidation sites excluding steroid dienone is 1. The van der Waals surface area contributed by atoms with Gasteiger partial charge < -0.3 is 4.43 Å². The average Bonchev–Trinajstić information content (AvgIpc) is 1.35. The van der Waals surface area contributed by atoms with E-state index in [2.05, 4.69) is 14.9 Å². The van der Waals surface area contributed by atoms with E-state index in [4.69, 9.17) is 11.6 Å². The lowest BCUT2D eigenvalue weighted by Crippen LogP contribution is -1.66. The third-order valence-corrected chi connectivity index (χ3v) is 0.428. The van der Waals surface area contributed by atoms with Crippen LogP contribution in [-0.2, 0) is 4.43 Å². The normalized spacial score (nSPS) is 11.5. The highest BCUT2D eigenvalue weighted by atomic mass is 35.5. The van der Waals surface area contributed by atoms with Crippen LogP contribution in [0.3, 0.4) is 0 Å². The van der Waals surface area contributed by atoms with E-state index in [1.807, 2.05) is 0 Å². The van der Waals surface area contributed by atoms with E-state index in [-0.39, 0.29) is 0 Å². The summed E-state index contributed by atoms with van der Waals surface area (Å²) in [6, 6.07) is 0. The molecule has 0 saturated heterocycles. The van der Waals surface area contributed by atoms with E-state index in [0.29, 0.717) is 5.03 Å². The van der Waals surface area contributed by atoms with Crippen LogP contribution in [0.5, 0.6) is 0 Å². The summed E-state index contributed by atoms with van der Waals surface area (Å²) in [4.78, 5) is 0. The van der Waals surface area contributed by atoms with E-state index in [1.165, 1.54) is 6.26 Å². The molecule has 3 heteroatoms. The van der Waals surface area contributed by atoms with Crippen molar-refractivity contribution in [3.05, 3.63) is 11.3 Å². The predicted octanol–water partition coefficient (Wildman–Crippen LogP) is 1.19. The second kappa shape index (κ2) is 3.25. The van der Waals surface area contributed by atoms with E-state index in [1.54, 1.807) is 6.92 Å². The Kier molecular flexibility index (Phi) is 3.27. The SMILES string of the molecule is C/C(Cl)=C\O[Si]. The van der Waals surface area contributed by atoms with Gasteiger partial charge in [0.2, 0.25) is 0 Å². The van der Waals surface area contributed by atoms with Crippen LogP contribution in [0.2, 0.25) is 0 Å². The fourth-order valence-electron chi connectivity index (χ4n) is 0.0812. The van der Waals surface area contributed by atoms with Gasteiger partial charge in [0.05, 0.1) is 6.26 Å². The highest BCUT2D eigenvalue weighted by Gasteiger charge is 1.71. The summed E-state index contributed by atoms with van der Waals surface area (Å²) in [5, 5.41) is 0.616. The Bertz CT molecular complexity index is 57.8. The Hall–Kier alpha value is 0.0469. The standard InChI is InChI=1S/C3H4ClOSi/c1-3(4)2-5-6/h2H,1H3/b3-2+. The summed E-state index contributed by atoms with van der Waals surface area (Å²) < 4.78 is 4.31. The molecule has 0 heterocycles. The molecule has 0 aliphatic rings. The Balaban J connectivity index is 3.14. The summed E-state index contributed by atoms with van der Waals surface area (Å²) in [5.41, 5.74) is 0. The molecular weight excluding hydrogens is 116 g/mol. The molecule has 0 aromatic carbocycles. The second-order valence-corrected chi connectivity index (χ2v) is 1.65. The van der Waals surface area contributed by atoms with Crippen LogP contribution in [0, 0.1) is 0 Å². The maximum atomic E-state index is 5.28. The first-order valence-electron chi connectivity index (χ1n) is 1.42. The summed E-state index contributed by atoms with van der Waals surface area (Å²) in [6.07, 6.45) is 1.39. The third kappa shape index (κ3) is 4.05. The van der Waals surface area contributed by atoms with E-state index >= 15 is 0 Å². The van der Waals surface area contributed by atoms with Crippen molar-refractivity contribution in [2.75, 3.05) is 0 Å². The van der Waals surface area contributed by atoms with Crippen LogP contribution in [-0.4, -0.2) is 10.5 Å². The van der Waals surface area contributed by atoms with Crippen LogP contribution in [0.1, 0.15) is 6.92 Å². The first kappa shape index (κ1) is 6.05. The van der Waals surface area contributed by atoms with Crippen molar-refractivity contribution in [1.29, 1.82) is 0 Å². The molecule has 0 spiro atoms. The predicted molar refractivity (Wildman–Crippen MR) is 26.4 cm³/mol. The van der Waals surface area contributed by atoms with Gasteiger partial charge in [-0.05, 0) is 6.92 Å². The van der Waals surface area contributed by atoms with Crippen molar-refractivity contribution in [2.24, 2.45) is 0 Å². The average molecular weight is 120 g/mol. The maximum Gasteiger partial charge on any atom is 0.340 e. The van der Waals surface area contributed by atoms with Gasteiger partial charge in [-0.3, -0.25) is 0 Å². The molecule has 33 valence electrons. The molecule has 0 saturated carbocycles. The molecule has 1 nitrogen and oxygen atoms in total. The van der Waals surface area contributed by atoms with Gasteiger partial charge in [0.15, 0.2) is 0 Å². The van der Waals surface area contributed by atoms with E-state index < -0.39 is 0 Å². The summed E-state index contributed by atoms with van der Waals surface area (Å²) in [7, 11) is 2.73. The molecule has 0 aliphatic heterocycles. The van der Waals surface area contributed by atoms with Gasteiger partial charge in [-0.15, -0.1) is 0 Å². The smallest absolute Gasteiger partial charge is 0.340 e. The summed E-state index contributed by atoms with van der Waals surface area (Å²) in [6.45, 7) is 1.72. The molecule has 0 aromatic rings. The zero-order valence-corrected chi connectivity index (χ0v) is 5.12.